The molecule has 0 fully saturated rings. The van der Waals surface area contributed by atoms with Gasteiger partial charge in [-0.05, 0) is 48.6 Å². The molecule has 1 aromatic heterocycles. The van der Waals surface area contributed by atoms with E-state index in [9.17, 15) is 0 Å². The molecule has 0 spiro atoms. The minimum Gasteiger partial charge on any atom is -0.377 e. The summed E-state index contributed by atoms with van der Waals surface area (Å²) in [4.78, 5) is 2.06. The number of hydrogen-bond donors (Lipinski definition) is 0. The summed E-state index contributed by atoms with van der Waals surface area (Å²) in [5.74, 6) is 13.0. The van der Waals surface area contributed by atoms with Gasteiger partial charge in [-0.1, -0.05) is 77.2 Å². The number of rotatable bonds is 3. The van der Waals surface area contributed by atoms with E-state index in [1.807, 2.05) is 67.3 Å². The summed E-state index contributed by atoms with van der Waals surface area (Å²) in [5.41, 5.74) is 6.57. The zero-order valence-electron chi connectivity index (χ0n) is 18.5. The number of anilines is 1. The Morgan fingerprint density at radius 1 is 0.781 bits per heavy atom. The van der Waals surface area contributed by atoms with Crippen LogP contribution in [0.4, 0.5) is 5.69 Å². The summed E-state index contributed by atoms with van der Waals surface area (Å²) < 4.78 is 1.82. The quantitative estimate of drug-likeness (QED) is 0.461. The van der Waals surface area contributed by atoms with Gasteiger partial charge in [0.1, 0.15) is 5.69 Å². The monoisotopic (exact) mass is 416 g/mol. The Bertz CT molecular complexity index is 1330. The molecule has 4 nitrogen and oxygen atoms in total. The highest BCUT2D eigenvalue weighted by Crippen LogP contribution is 2.17. The van der Waals surface area contributed by atoms with Gasteiger partial charge in [0, 0.05) is 25.2 Å². The summed E-state index contributed by atoms with van der Waals surface area (Å²) in [6, 6.07) is 26.4. The zero-order chi connectivity index (χ0) is 22.3. The molecule has 3 aromatic carbocycles. The van der Waals surface area contributed by atoms with Crippen LogP contribution in [0.15, 0.2) is 78.9 Å². The lowest BCUT2D eigenvalue weighted by Crippen LogP contribution is -2.10. The van der Waals surface area contributed by atoms with E-state index >= 15 is 0 Å². The SMILES string of the molecule is Cc1ccc(C#Cc2nnn(Cc3ccccc3)c2C#Cc2ccccc2N(C)C)cc1. The average molecular weight is 417 g/mol. The molecule has 156 valence electrons. The van der Waals surface area contributed by atoms with Crippen LogP contribution in [0.1, 0.15) is 33.6 Å². The molecule has 32 heavy (non-hydrogen) atoms. The Morgan fingerprint density at radius 3 is 2.25 bits per heavy atom. The maximum absolute atomic E-state index is 4.36. The predicted octanol–water partition coefficient (Wildman–Crippen LogP) is 4.50. The third-order valence-electron chi connectivity index (χ3n) is 4.99. The molecule has 0 atom stereocenters. The van der Waals surface area contributed by atoms with Crippen LogP contribution >= 0.6 is 0 Å². The van der Waals surface area contributed by atoms with E-state index < -0.39 is 0 Å². The summed E-state index contributed by atoms with van der Waals surface area (Å²) in [5, 5.41) is 8.70. The first kappa shape index (κ1) is 21.0. The molecule has 0 N–H and O–H groups in total. The zero-order valence-corrected chi connectivity index (χ0v) is 18.5. The Hall–Kier alpha value is -4.28. The van der Waals surface area contributed by atoms with Gasteiger partial charge in [0.05, 0.1) is 12.2 Å². The number of aryl methyl sites for hydroxylation is 1. The molecular weight excluding hydrogens is 392 g/mol. The molecule has 0 saturated carbocycles. The molecule has 0 aliphatic heterocycles. The highest BCUT2D eigenvalue weighted by Gasteiger charge is 2.10. The first-order valence-electron chi connectivity index (χ1n) is 10.4. The molecule has 0 amide bonds. The highest BCUT2D eigenvalue weighted by atomic mass is 15.4. The number of nitrogens with zero attached hydrogens (tertiary/aromatic N) is 4. The van der Waals surface area contributed by atoms with Crippen molar-refractivity contribution in [3.05, 3.63) is 113 Å². The van der Waals surface area contributed by atoms with Crippen molar-refractivity contribution in [3.63, 3.8) is 0 Å². The van der Waals surface area contributed by atoms with E-state index in [1.54, 1.807) is 0 Å². The maximum Gasteiger partial charge on any atom is 0.171 e. The Balaban J connectivity index is 1.75. The van der Waals surface area contributed by atoms with Crippen LogP contribution in [0.3, 0.4) is 0 Å². The van der Waals surface area contributed by atoms with Crippen LogP contribution < -0.4 is 4.90 Å². The van der Waals surface area contributed by atoms with Crippen molar-refractivity contribution < 1.29 is 0 Å². The maximum atomic E-state index is 4.36. The average Bonchev–Trinajstić information content (AvgIpc) is 3.19. The predicted molar refractivity (Wildman–Crippen MR) is 129 cm³/mol. The standard InChI is InChI=1S/C28H24N4/c1-22-13-15-23(16-14-22)17-19-26-28(20-18-25-11-7-8-12-27(25)31(2)3)32(30-29-26)21-24-9-5-4-6-10-24/h4-16H,21H2,1-3H3. The molecule has 4 heteroatoms. The van der Waals surface area contributed by atoms with E-state index in [4.69, 9.17) is 0 Å². The van der Waals surface area contributed by atoms with Crippen molar-refractivity contribution in [1.82, 2.24) is 15.0 Å². The van der Waals surface area contributed by atoms with Crippen molar-refractivity contribution in [2.24, 2.45) is 0 Å². The second kappa shape index (κ2) is 9.69. The molecule has 0 aliphatic carbocycles. The fourth-order valence-corrected chi connectivity index (χ4v) is 3.25. The minimum atomic E-state index is 0.580. The van der Waals surface area contributed by atoms with E-state index in [2.05, 4.69) is 76.1 Å². The third-order valence-corrected chi connectivity index (χ3v) is 4.99. The van der Waals surface area contributed by atoms with E-state index in [-0.39, 0.29) is 0 Å². The van der Waals surface area contributed by atoms with Crippen LogP contribution in [0.25, 0.3) is 0 Å². The molecule has 0 aliphatic rings. The number of aromatic nitrogens is 3. The lowest BCUT2D eigenvalue weighted by Gasteiger charge is -2.13. The van der Waals surface area contributed by atoms with Crippen LogP contribution in [0.2, 0.25) is 0 Å². The minimum absolute atomic E-state index is 0.580. The van der Waals surface area contributed by atoms with E-state index in [1.165, 1.54) is 5.56 Å². The van der Waals surface area contributed by atoms with Crippen molar-refractivity contribution in [3.8, 4) is 23.7 Å². The van der Waals surface area contributed by atoms with Gasteiger partial charge in [-0.25, -0.2) is 4.68 Å². The normalized spacial score (nSPS) is 9.97. The van der Waals surface area contributed by atoms with Gasteiger partial charge in [0.2, 0.25) is 0 Å². The van der Waals surface area contributed by atoms with Gasteiger partial charge >= 0.3 is 0 Å². The van der Waals surface area contributed by atoms with Gasteiger partial charge in [-0.3, -0.25) is 0 Å². The smallest absolute Gasteiger partial charge is 0.171 e. The van der Waals surface area contributed by atoms with Gasteiger partial charge in [-0.15, -0.1) is 5.10 Å². The summed E-state index contributed by atoms with van der Waals surface area (Å²) in [7, 11) is 4.03. The third kappa shape index (κ3) is 5.06. The van der Waals surface area contributed by atoms with Crippen LogP contribution in [-0.2, 0) is 6.54 Å². The van der Waals surface area contributed by atoms with Gasteiger partial charge < -0.3 is 4.90 Å². The van der Waals surface area contributed by atoms with Crippen LogP contribution in [0.5, 0.6) is 0 Å². The molecule has 0 unspecified atom stereocenters. The Morgan fingerprint density at radius 2 is 1.50 bits per heavy atom. The van der Waals surface area contributed by atoms with Gasteiger partial charge in [-0.2, -0.15) is 0 Å². The summed E-state index contributed by atoms with van der Waals surface area (Å²) >= 11 is 0. The number of para-hydroxylation sites is 1. The van der Waals surface area contributed by atoms with E-state index in [0.717, 1.165) is 22.4 Å². The second-order valence-electron chi connectivity index (χ2n) is 7.71. The van der Waals surface area contributed by atoms with Crippen molar-refractivity contribution >= 4 is 5.69 Å². The summed E-state index contributed by atoms with van der Waals surface area (Å²) in [6.45, 7) is 2.64. The number of hydrogen-bond acceptors (Lipinski definition) is 3. The second-order valence-corrected chi connectivity index (χ2v) is 7.71. The molecule has 0 radical (unpaired) electrons. The van der Waals surface area contributed by atoms with Gasteiger partial charge in [0.25, 0.3) is 0 Å². The lowest BCUT2D eigenvalue weighted by atomic mass is 10.1. The first-order chi connectivity index (χ1) is 15.6. The number of benzene rings is 3. The fourth-order valence-electron chi connectivity index (χ4n) is 3.25. The molecule has 1 heterocycles. The van der Waals surface area contributed by atoms with Crippen molar-refractivity contribution in [2.45, 2.75) is 13.5 Å². The van der Waals surface area contributed by atoms with Gasteiger partial charge in [0.15, 0.2) is 5.69 Å². The molecular formula is C28H24N4. The van der Waals surface area contributed by atoms with E-state index in [0.29, 0.717) is 17.9 Å². The Labute approximate surface area is 189 Å². The molecule has 0 saturated heterocycles. The van der Waals surface area contributed by atoms with Crippen LogP contribution in [-0.4, -0.2) is 29.1 Å². The lowest BCUT2D eigenvalue weighted by molar-refractivity contribution is 0.643. The largest absolute Gasteiger partial charge is 0.377 e. The van der Waals surface area contributed by atoms with Crippen LogP contribution in [0, 0.1) is 30.6 Å². The fraction of sp³-hybridized carbons (Fsp3) is 0.143. The van der Waals surface area contributed by atoms with Crippen molar-refractivity contribution in [2.75, 3.05) is 19.0 Å². The summed E-state index contributed by atoms with van der Waals surface area (Å²) in [6.07, 6.45) is 0. The molecule has 4 aromatic rings. The molecule has 4 rings (SSSR count). The highest BCUT2D eigenvalue weighted by molar-refractivity contribution is 5.61. The van der Waals surface area contributed by atoms with Crippen molar-refractivity contribution in [1.29, 1.82) is 0 Å². The molecule has 0 bridgehead atoms. The first-order valence-corrected chi connectivity index (χ1v) is 10.4. The topological polar surface area (TPSA) is 34.0 Å². The Kier molecular flexibility index (Phi) is 6.35.